The molecule has 1 N–H and O–H groups in total. The second-order valence-corrected chi connectivity index (χ2v) is 5.93. The number of nitrogens with zero attached hydrogens (tertiary/aromatic N) is 1. The van der Waals surface area contributed by atoms with Gasteiger partial charge in [-0.1, -0.05) is 24.3 Å². The van der Waals surface area contributed by atoms with Crippen LogP contribution in [0.25, 0.3) is 0 Å². The Hall–Kier alpha value is -2.34. The third-order valence-electron chi connectivity index (χ3n) is 3.03. The van der Waals surface area contributed by atoms with Gasteiger partial charge in [-0.2, -0.15) is 0 Å². The first-order chi connectivity index (χ1) is 10.5. The Morgan fingerprint density at radius 1 is 1.23 bits per heavy atom. The van der Waals surface area contributed by atoms with Gasteiger partial charge in [0.05, 0.1) is 10.7 Å². The molecule has 0 aliphatic carbocycles. The van der Waals surface area contributed by atoms with Crippen molar-refractivity contribution in [3.63, 3.8) is 0 Å². The van der Waals surface area contributed by atoms with Crippen molar-refractivity contribution in [3.05, 3.63) is 63.7 Å². The Kier molecular flexibility index (Phi) is 5.16. The molecule has 0 fully saturated rings. The van der Waals surface area contributed by atoms with Crippen molar-refractivity contribution >= 4 is 29.0 Å². The summed E-state index contributed by atoms with van der Waals surface area (Å²) in [6.07, 6.45) is 0. The Balaban J connectivity index is 2.10. The molecular weight excluding hydrogens is 300 g/mol. The summed E-state index contributed by atoms with van der Waals surface area (Å²) in [6, 6.07) is 12.8. The molecule has 2 aromatic carbocycles. The molecule has 0 saturated carbocycles. The maximum absolute atomic E-state index is 12.0. The highest BCUT2D eigenvalue weighted by atomic mass is 32.2. The summed E-state index contributed by atoms with van der Waals surface area (Å²) >= 11 is 1.39. The number of benzene rings is 2. The molecular formula is C16H16N2O3S. The van der Waals surface area contributed by atoms with Crippen LogP contribution in [-0.2, 0) is 4.79 Å². The lowest BCUT2D eigenvalue weighted by molar-refractivity contribution is -0.384. The molecule has 0 atom stereocenters. The van der Waals surface area contributed by atoms with Crippen molar-refractivity contribution in [2.45, 2.75) is 18.7 Å². The number of amides is 1. The van der Waals surface area contributed by atoms with Crippen molar-refractivity contribution in [2.24, 2.45) is 0 Å². The molecule has 2 aromatic rings. The average Bonchev–Trinajstić information content (AvgIpc) is 2.48. The van der Waals surface area contributed by atoms with Gasteiger partial charge in [-0.3, -0.25) is 14.9 Å². The molecule has 114 valence electrons. The Bertz CT molecular complexity index is 702. The first-order valence-corrected chi connectivity index (χ1v) is 7.69. The molecule has 22 heavy (non-hydrogen) atoms. The molecule has 0 spiro atoms. The van der Waals surface area contributed by atoms with Gasteiger partial charge in [0.15, 0.2) is 0 Å². The molecule has 2 rings (SSSR count). The zero-order valence-electron chi connectivity index (χ0n) is 12.3. The van der Waals surface area contributed by atoms with E-state index in [2.05, 4.69) is 5.32 Å². The van der Waals surface area contributed by atoms with Gasteiger partial charge < -0.3 is 5.32 Å². The Morgan fingerprint density at radius 2 is 1.91 bits per heavy atom. The molecule has 6 heteroatoms. The SMILES string of the molecule is Cc1cc(C)c(NC(=O)CSc2ccccc2)c([N+](=O)[O-])c1. The van der Waals surface area contributed by atoms with Crippen molar-refractivity contribution in [1.29, 1.82) is 0 Å². The van der Waals surface area contributed by atoms with E-state index < -0.39 is 4.92 Å². The fourth-order valence-corrected chi connectivity index (χ4v) is 2.81. The van der Waals surface area contributed by atoms with Crippen LogP contribution >= 0.6 is 11.8 Å². The fraction of sp³-hybridized carbons (Fsp3) is 0.188. The fourth-order valence-electron chi connectivity index (χ4n) is 2.09. The minimum absolute atomic E-state index is 0.0736. The molecule has 0 heterocycles. The molecule has 1 amide bonds. The standard InChI is InChI=1S/C16H16N2O3S/c1-11-8-12(2)16(14(9-11)18(20)21)17-15(19)10-22-13-6-4-3-5-7-13/h3-9H,10H2,1-2H3,(H,17,19). The highest BCUT2D eigenvalue weighted by Crippen LogP contribution is 2.30. The van der Waals surface area contributed by atoms with Crippen LogP contribution in [0.3, 0.4) is 0 Å². The smallest absolute Gasteiger partial charge is 0.293 e. The number of nitro benzene ring substituents is 1. The van der Waals surface area contributed by atoms with E-state index in [9.17, 15) is 14.9 Å². The van der Waals surface area contributed by atoms with E-state index >= 15 is 0 Å². The van der Waals surface area contributed by atoms with Crippen molar-refractivity contribution in [2.75, 3.05) is 11.1 Å². The minimum Gasteiger partial charge on any atom is -0.319 e. The highest BCUT2D eigenvalue weighted by molar-refractivity contribution is 8.00. The van der Waals surface area contributed by atoms with E-state index in [-0.39, 0.29) is 23.0 Å². The minimum atomic E-state index is -0.472. The van der Waals surface area contributed by atoms with Gasteiger partial charge in [-0.25, -0.2) is 0 Å². The van der Waals surface area contributed by atoms with E-state index in [4.69, 9.17) is 0 Å². The lowest BCUT2D eigenvalue weighted by Crippen LogP contribution is -2.16. The van der Waals surface area contributed by atoms with E-state index in [1.807, 2.05) is 36.4 Å². The van der Waals surface area contributed by atoms with Crippen molar-refractivity contribution < 1.29 is 9.72 Å². The normalized spacial score (nSPS) is 10.3. The van der Waals surface area contributed by atoms with Crippen LogP contribution in [0.4, 0.5) is 11.4 Å². The van der Waals surface area contributed by atoms with Gasteiger partial charge >= 0.3 is 0 Å². The largest absolute Gasteiger partial charge is 0.319 e. The maximum Gasteiger partial charge on any atom is 0.293 e. The summed E-state index contributed by atoms with van der Waals surface area (Å²) in [6.45, 7) is 3.54. The number of anilines is 1. The molecule has 0 bridgehead atoms. The third kappa shape index (κ3) is 4.08. The summed E-state index contributed by atoms with van der Waals surface area (Å²) in [5, 5.41) is 13.8. The Morgan fingerprint density at radius 3 is 2.55 bits per heavy atom. The molecule has 0 saturated heterocycles. The topological polar surface area (TPSA) is 72.2 Å². The van der Waals surface area contributed by atoms with Gasteiger partial charge in [0, 0.05) is 11.0 Å². The zero-order valence-corrected chi connectivity index (χ0v) is 13.1. The monoisotopic (exact) mass is 316 g/mol. The quantitative estimate of drug-likeness (QED) is 0.515. The average molecular weight is 316 g/mol. The molecule has 0 aromatic heterocycles. The molecule has 0 aliphatic rings. The second-order valence-electron chi connectivity index (χ2n) is 4.88. The van der Waals surface area contributed by atoms with Crippen LogP contribution in [0, 0.1) is 24.0 Å². The number of hydrogen-bond donors (Lipinski definition) is 1. The second kappa shape index (κ2) is 7.09. The number of hydrogen-bond acceptors (Lipinski definition) is 4. The molecule has 0 unspecified atom stereocenters. The number of rotatable bonds is 5. The summed E-state index contributed by atoms with van der Waals surface area (Å²) in [5.74, 6) is -0.0574. The zero-order chi connectivity index (χ0) is 16.1. The number of aryl methyl sites for hydroxylation is 2. The Labute approximate surface area is 132 Å². The number of nitro groups is 1. The maximum atomic E-state index is 12.0. The van der Waals surface area contributed by atoms with Crippen LogP contribution in [0.1, 0.15) is 11.1 Å². The van der Waals surface area contributed by atoms with E-state index in [0.29, 0.717) is 5.56 Å². The van der Waals surface area contributed by atoms with Crippen LogP contribution < -0.4 is 5.32 Å². The predicted molar refractivity (Wildman–Crippen MR) is 88.4 cm³/mol. The van der Waals surface area contributed by atoms with Gasteiger partial charge in [-0.15, -0.1) is 11.8 Å². The van der Waals surface area contributed by atoms with Crippen LogP contribution in [0.2, 0.25) is 0 Å². The number of carbonyl (C=O) groups excluding carboxylic acids is 1. The van der Waals surface area contributed by atoms with Gasteiger partial charge in [0.2, 0.25) is 5.91 Å². The van der Waals surface area contributed by atoms with Crippen LogP contribution in [0.15, 0.2) is 47.4 Å². The van der Waals surface area contributed by atoms with Gasteiger partial charge in [0.25, 0.3) is 5.69 Å². The number of carbonyl (C=O) groups is 1. The van der Waals surface area contributed by atoms with Gasteiger partial charge in [0.1, 0.15) is 5.69 Å². The molecule has 0 radical (unpaired) electrons. The summed E-state index contributed by atoms with van der Waals surface area (Å²) in [5.41, 5.74) is 1.68. The summed E-state index contributed by atoms with van der Waals surface area (Å²) < 4.78 is 0. The van der Waals surface area contributed by atoms with Crippen molar-refractivity contribution in [1.82, 2.24) is 0 Å². The first kappa shape index (κ1) is 16.0. The van der Waals surface area contributed by atoms with E-state index in [1.165, 1.54) is 17.8 Å². The molecule has 5 nitrogen and oxygen atoms in total. The number of thioether (sulfide) groups is 1. The first-order valence-electron chi connectivity index (χ1n) is 6.70. The summed E-state index contributed by atoms with van der Waals surface area (Å²) in [7, 11) is 0. The van der Waals surface area contributed by atoms with Gasteiger partial charge in [-0.05, 0) is 37.1 Å². The summed E-state index contributed by atoms with van der Waals surface area (Å²) in [4.78, 5) is 23.7. The van der Waals surface area contributed by atoms with Crippen molar-refractivity contribution in [3.8, 4) is 0 Å². The van der Waals surface area contributed by atoms with E-state index in [1.54, 1.807) is 13.8 Å². The van der Waals surface area contributed by atoms with Crippen LogP contribution in [-0.4, -0.2) is 16.6 Å². The number of nitrogens with one attached hydrogen (secondary N) is 1. The lowest BCUT2D eigenvalue weighted by atomic mass is 10.1. The highest BCUT2D eigenvalue weighted by Gasteiger charge is 2.19. The van der Waals surface area contributed by atoms with Crippen LogP contribution in [0.5, 0.6) is 0 Å². The lowest BCUT2D eigenvalue weighted by Gasteiger charge is -2.10. The predicted octanol–water partition coefficient (Wildman–Crippen LogP) is 3.94. The van der Waals surface area contributed by atoms with E-state index in [0.717, 1.165) is 10.5 Å². The molecule has 0 aliphatic heterocycles. The third-order valence-corrected chi connectivity index (χ3v) is 4.05.